The second-order valence-corrected chi connectivity index (χ2v) is 3.29. The van der Waals surface area contributed by atoms with E-state index in [1.165, 1.54) is 0 Å². The molecule has 0 fully saturated rings. The predicted molar refractivity (Wildman–Crippen MR) is 60.9 cm³/mol. The van der Waals surface area contributed by atoms with E-state index >= 15 is 0 Å². The molecule has 1 aromatic heterocycles. The van der Waals surface area contributed by atoms with Crippen LogP contribution < -0.4 is 0 Å². The van der Waals surface area contributed by atoms with Gasteiger partial charge in [-0.2, -0.15) is 0 Å². The minimum absolute atomic E-state index is 0.146. The SMILES string of the molecule is O=C(O)CC#Cc1cnc2ccccc2c1. The first-order chi connectivity index (χ1) is 7.75. The van der Waals surface area contributed by atoms with Gasteiger partial charge in [0.05, 0.1) is 5.52 Å². The number of hydrogen-bond donors (Lipinski definition) is 1. The Morgan fingerprint density at radius 1 is 1.38 bits per heavy atom. The van der Waals surface area contributed by atoms with Crippen molar-refractivity contribution in [3.63, 3.8) is 0 Å². The molecule has 0 unspecified atom stereocenters. The first-order valence-corrected chi connectivity index (χ1v) is 4.81. The van der Waals surface area contributed by atoms with Gasteiger partial charge in [-0.3, -0.25) is 9.78 Å². The first-order valence-electron chi connectivity index (χ1n) is 4.81. The number of benzene rings is 1. The van der Waals surface area contributed by atoms with Crippen LogP contribution in [0.5, 0.6) is 0 Å². The van der Waals surface area contributed by atoms with Crippen LogP contribution in [-0.4, -0.2) is 16.1 Å². The third kappa shape index (κ3) is 2.37. The zero-order valence-corrected chi connectivity index (χ0v) is 8.47. The van der Waals surface area contributed by atoms with Crippen LogP contribution in [0.15, 0.2) is 36.5 Å². The van der Waals surface area contributed by atoms with Gasteiger partial charge in [-0.25, -0.2) is 0 Å². The molecule has 0 aliphatic carbocycles. The lowest BCUT2D eigenvalue weighted by Crippen LogP contribution is -1.90. The van der Waals surface area contributed by atoms with Crippen molar-refractivity contribution in [3.05, 3.63) is 42.1 Å². The van der Waals surface area contributed by atoms with Crippen molar-refractivity contribution in [3.8, 4) is 11.8 Å². The summed E-state index contributed by atoms with van der Waals surface area (Å²) < 4.78 is 0. The van der Waals surface area contributed by atoms with Crippen LogP contribution in [0.3, 0.4) is 0 Å². The normalized spacial score (nSPS) is 9.50. The number of aliphatic carboxylic acids is 1. The summed E-state index contributed by atoms with van der Waals surface area (Å²) in [6.07, 6.45) is 1.50. The van der Waals surface area contributed by atoms with Crippen molar-refractivity contribution >= 4 is 16.9 Å². The molecule has 1 heterocycles. The van der Waals surface area contributed by atoms with Crippen molar-refractivity contribution in [2.45, 2.75) is 6.42 Å². The summed E-state index contributed by atoms with van der Waals surface area (Å²) in [5, 5.41) is 9.45. The summed E-state index contributed by atoms with van der Waals surface area (Å²) in [5.74, 6) is 4.44. The lowest BCUT2D eigenvalue weighted by atomic mass is 10.1. The summed E-state index contributed by atoms with van der Waals surface area (Å²) >= 11 is 0. The number of fused-ring (bicyclic) bond motifs is 1. The van der Waals surface area contributed by atoms with Crippen molar-refractivity contribution in [2.24, 2.45) is 0 Å². The van der Waals surface area contributed by atoms with Gasteiger partial charge in [0, 0.05) is 17.1 Å². The third-order valence-corrected chi connectivity index (χ3v) is 2.06. The maximum absolute atomic E-state index is 10.3. The molecule has 0 saturated carbocycles. The van der Waals surface area contributed by atoms with E-state index in [0.717, 1.165) is 16.5 Å². The molecule has 16 heavy (non-hydrogen) atoms. The highest BCUT2D eigenvalue weighted by Gasteiger charge is 1.94. The fraction of sp³-hybridized carbons (Fsp3) is 0.0769. The van der Waals surface area contributed by atoms with Gasteiger partial charge >= 0.3 is 5.97 Å². The molecule has 0 aliphatic rings. The second-order valence-electron chi connectivity index (χ2n) is 3.29. The average molecular weight is 211 g/mol. The molecule has 2 aromatic rings. The van der Waals surface area contributed by atoms with E-state index in [4.69, 9.17) is 5.11 Å². The number of carboxylic acids is 1. The van der Waals surface area contributed by atoms with Gasteiger partial charge < -0.3 is 5.11 Å². The van der Waals surface area contributed by atoms with Gasteiger partial charge in [0.2, 0.25) is 0 Å². The van der Waals surface area contributed by atoms with Gasteiger partial charge in [-0.1, -0.05) is 30.0 Å². The largest absolute Gasteiger partial charge is 0.481 e. The van der Waals surface area contributed by atoms with Crippen LogP contribution in [0.25, 0.3) is 10.9 Å². The molecule has 0 amide bonds. The Labute approximate surface area is 92.7 Å². The molecule has 78 valence electrons. The topological polar surface area (TPSA) is 50.2 Å². The molecular formula is C13H9NO2. The van der Waals surface area contributed by atoms with E-state index in [-0.39, 0.29) is 6.42 Å². The number of para-hydroxylation sites is 1. The fourth-order valence-electron chi connectivity index (χ4n) is 1.36. The monoisotopic (exact) mass is 211 g/mol. The van der Waals surface area contributed by atoms with E-state index in [1.807, 2.05) is 30.3 Å². The number of rotatable bonds is 1. The highest BCUT2D eigenvalue weighted by Crippen LogP contribution is 2.11. The number of hydrogen-bond acceptors (Lipinski definition) is 2. The quantitative estimate of drug-likeness (QED) is 0.734. The Kier molecular flexibility index (Phi) is 2.84. The minimum atomic E-state index is -0.916. The zero-order chi connectivity index (χ0) is 11.4. The summed E-state index contributed by atoms with van der Waals surface area (Å²) in [6, 6.07) is 9.62. The maximum atomic E-state index is 10.3. The van der Waals surface area contributed by atoms with Gasteiger partial charge in [0.1, 0.15) is 6.42 Å². The molecule has 1 N–H and O–H groups in total. The molecule has 0 saturated heterocycles. The van der Waals surface area contributed by atoms with Crippen LogP contribution in [-0.2, 0) is 4.79 Å². The molecule has 0 atom stereocenters. The second kappa shape index (κ2) is 4.45. The third-order valence-electron chi connectivity index (χ3n) is 2.06. The predicted octanol–water partition coefficient (Wildman–Crippen LogP) is 2.06. The van der Waals surface area contributed by atoms with Crippen LogP contribution in [0.2, 0.25) is 0 Å². The lowest BCUT2D eigenvalue weighted by Gasteiger charge is -1.96. The van der Waals surface area contributed by atoms with E-state index in [9.17, 15) is 4.79 Å². The highest BCUT2D eigenvalue weighted by atomic mass is 16.4. The fourth-order valence-corrected chi connectivity index (χ4v) is 1.36. The molecule has 0 aliphatic heterocycles. The van der Waals surface area contributed by atoms with Crippen LogP contribution in [0.4, 0.5) is 0 Å². The highest BCUT2D eigenvalue weighted by molar-refractivity contribution is 5.79. The number of pyridine rings is 1. The van der Waals surface area contributed by atoms with Crippen LogP contribution in [0, 0.1) is 11.8 Å². The Morgan fingerprint density at radius 3 is 3.00 bits per heavy atom. The molecule has 0 bridgehead atoms. The van der Waals surface area contributed by atoms with Gasteiger partial charge in [0.15, 0.2) is 0 Å². The first kappa shape index (κ1) is 10.2. The van der Waals surface area contributed by atoms with E-state index in [2.05, 4.69) is 16.8 Å². The molecule has 1 aromatic carbocycles. The van der Waals surface area contributed by atoms with Gasteiger partial charge in [-0.05, 0) is 12.1 Å². The Balaban J connectivity index is 2.31. The standard InChI is InChI=1S/C13H9NO2/c15-13(16)7-3-4-10-8-11-5-1-2-6-12(11)14-9-10/h1-2,5-6,8-9H,7H2,(H,15,16). The van der Waals surface area contributed by atoms with Crippen molar-refractivity contribution in [1.29, 1.82) is 0 Å². The molecule has 2 rings (SSSR count). The van der Waals surface area contributed by atoms with Gasteiger partial charge in [-0.15, -0.1) is 0 Å². The molecule has 0 spiro atoms. The molecule has 3 nitrogen and oxygen atoms in total. The Morgan fingerprint density at radius 2 is 2.19 bits per heavy atom. The Hall–Kier alpha value is -2.34. The van der Waals surface area contributed by atoms with Crippen LogP contribution in [0.1, 0.15) is 12.0 Å². The molecular weight excluding hydrogens is 202 g/mol. The van der Waals surface area contributed by atoms with Crippen molar-refractivity contribution in [1.82, 2.24) is 4.98 Å². The summed E-state index contributed by atoms with van der Waals surface area (Å²) in [6.45, 7) is 0. The maximum Gasteiger partial charge on any atom is 0.315 e. The molecule has 0 radical (unpaired) electrons. The molecule has 3 heteroatoms. The van der Waals surface area contributed by atoms with E-state index < -0.39 is 5.97 Å². The van der Waals surface area contributed by atoms with E-state index in [1.54, 1.807) is 6.20 Å². The zero-order valence-electron chi connectivity index (χ0n) is 8.47. The number of carboxylic acid groups (broad SMARTS) is 1. The number of carbonyl (C=O) groups is 1. The van der Waals surface area contributed by atoms with Crippen molar-refractivity contribution < 1.29 is 9.90 Å². The number of aromatic nitrogens is 1. The lowest BCUT2D eigenvalue weighted by molar-refractivity contribution is -0.135. The average Bonchev–Trinajstić information content (AvgIpc) is 2.28. The van der Waals surface area contributed by atoms with E-state index in [0.29, 0.717) is 0 Å². The van der Waals surface area contributed by atoms with Crippen LogP contribution >= 0.6 is 0 Å². The summed E-state index contributed by atoms with van der Waals surface area (Å²) in [7, 11) is 0. The Bertz CT molecular complexity index is 593. The summed E-state index contributed by atoms with van der Waals surface area (Å²) in [4.78, 5) is 14.5. The van der Waals surface area contributed by atoms with Gasteiger partial charge in [0.25, 0.3) is 0 Å². The van der Waals surface area contributed by atoms with Crippen molar-refractivity contribution in [2.75, 3.05) is 0 Å². The number of nitrogens with zero attached hydrogens (tertiary/aromatic N) is 1. The summed E-state index contributed by atoms with van der Waals surface area (Å²) in [5.41, 5.74) is 1.64. The smallest absolute Gasteiger partial charge is 0.315 e. The minimum Gasteiger partial charge on any atom is -0.481 e.